The number of hydrogen-bond acceptors (Lipinski definition) is 3. The molecular formula is C12H17N3. The standard InChI is InChI=1S/C12H17N3/c1-3-5-6-7-11(14-4-2)12-8-9-13-10-15-12/h1,8-11,14H,4-7H2,2H3. The van der Waals surface area contributed by atoms with Gasteiger partial charge in [0, 0.05) is 18.7 Å². The van der Waals surface area contributed by atoms with Gasteiger partial charge in [-0.1, -0.05) is 6.92 Å². The largest absolute Gasteiger partial charge is 0.309 e. The van der Waals surface area contributed by atoms with Crippen LogP contribution in [0.2, 0.25) is 0 Å². The van der Waals surface area contributed by atoms with Crippen LogP contribution in [0.4, 0.5) is 0 Å². The van der Waals surface area contributed by atoms with Crippen LogP contribution in [0.15, 0.2) is 18.6 Å². The number of hydrogen-bond donors (Lipinski definition) is 1. The molecule has 1 heterocycles. The number of unbranched alkanes of at least 4 members (excludes halogenated alkanes) is 1. The first-order valence-corrected chi connectivity index (χ1v) is 5.31. The van der Waals surface area contributed by atoms with Crippen molar-refractivity contribution in [1.82, 2.24) is 15.3 Å². The van der Waals surface area contributed by atoms with Gasteiger partial charge in [0.15, 0.2) is 0 Å². The van der Waals surface area contributed by atoms with E-state index in [4.69, 9.17) is 6.42 Å². The van der Waals surface area contributed by atoms with Crippen molar-refractivity contribution >= 4 is 0 Å². The lowest BCUT2D eigenvalue weighted by Crippen LogP contribution is -2.21. The van der Waals surface area contributed by atoms with Crippen molar-refractivity contribution in [3.63, 3.8) is 0 Å². The Hall–Kier alpha value is -1.40. The summed E-state index contributed by atoms with van der Waals surface area (Å²) in [7, 11) is 0. The molecule has 0 aliphatic carbocycles. The second kappa shape index (κ2) is 6.97. The molecule has 0 radical (unpaired) electrons. The molecule has 0 saturated heterocycles. The van der Waals surface area contributed by atoms with E-state index >= 15 is 0 Å². The van der Waals surface area contributed by atoms with E-state index in [-0.39, 0.29) is 0 Å². The number of terminal acetylenes is 1. The van der Waals surface area contributed by atoms with Gasteiger partial charge in [0.2, 0.25) is 0 Å². The molecule has 0 aliphatic heterocycles. The van der Waals surface area contributed by atoms with Gasteiger partial charge >= 0.3 is 0 Å². The van der Waals surface area contributed by atoms with Gasteiger partial charge in [-0.15, -0.1) is 12.3 Å². The lowest BCUT2D eigenvalue weighted by molar-refractivity contribution is 0.490. The summed E-state index contributed by atoms with van der Waals surface area (Å²) in [6.45, 7) is 3.03. The third-order valence-electron chi connectivity index (χ3n) is 2.23. The number of aromatic nitrogens is 2. The molecular weight excluding hydrogens is 186 g/mol. The normalized spacial score (nSPS) is 12.0. The Morgan fingerprint density at radius 1 is 1.60 bits per heavy atom. The van der Waals surface area contributed by atoms with Gasteiger partial charge in [-0.2, -0.15) is 0 Å². The SMILES string of the molecule is C#CCCCC(NCC)c1ccncn1. The van der Waals surface area contributed by atoms with Gasteiger partial charge in [0.25, 0.3) is 0 Å². The van der Waals surface area contributed by atoms with Gasteiger partial charge in [-0.3, -0.25) is 0 Å². The average Bonchev–Trinajstić information content (AvgIpc) is 2.29. The van der Waals surface area contributed by atoms with Crippen molar-refractivity contribution in [2.45, 2.75) is 32.2 Å². The molecule has 3 heteroatoms. The molecule has 1 aromatic rings. The molecule has 1 unspecified atom stereocenters. The summed E-state index contributed by atoms with van der Waals surface area (Å²) in [5.41, 5.74) is 1.05. The number of nitrogens with one attached hydrogen (secondary N) is 1. The Kier molecular flexibility index (Phi) is 5.42. The van der Waals surface area contributed by atoms with Crippen molar-refractivity contribution in [2.75, 3.05) is 6.54 Å². The first-order chi connectivity index (χ1) is 7.38. The van der Waals surface area contributed by atoms with Crippen molar-refractivity contribution in [3.05, 3.63) is 24.3 Å². The Labute approximate surface area is 91.3 Å². The van der Waals surface area contributed by atoms with Crippen LogP contribution in [0.5, 0.6) is 0 Å². The highest BCUT2D eigenvalue weighted by atomic mass is 14.9. The zero-order valence-corrected chi connectivity index (χ0v) is 9.11. The van der Waals surface area contributed by atoms with E-state index in [2.05, 4.69) is 28.1 Å². The van der Waals surface area contributed by atoms with E-state index in [9.17, 15) is 0 Å². The van der Waals surface area contributed by atoms with Gasteiger partial charge in [0.1, 0.15) is 6.33 Å². The van der Waals surface area contributed by atoms with Crippen LogP contribution >= 0.6 is 0 Å². The molecule has 0 saturated carbocycles. The van der Waals surface area contributed by atoms with Crippen LogP contribution in [0.1, 0.15) is 37.9 Å². The maximum Gasteiger partial charge on any atom is 0.115 e. The maximum atomic E-state index is 5.23. The molecule has 0 aliphatic rings. The van der Waals surface area contributed by atoms with E-state index < -0.39 is 0 Å². The minimum absolute atomic E-state index is 0.298. The van der Waals surface area contributed by atoms with E-state index in [0.717, 1.165) is 31.5 Å². The van der Waals surface area contributed by atoms with Gasteiger partial charge in [-0.25, -0.2) is 9.97 Å². The molecule has 3 nitrogen and oxygen atoms in total. The van der Waals surface area contributed by atoms with Crippen molar-refractivity contribution in [2.24, 2.45) is 0 Å². The van der Waals surface area contributed by atoms with Crippen LogP contribution in [0.3, 0.4) is 0 Å². The summed E-state index contributed by atoms with van der Waals surface area (Å²) < 4.78 is 0. The minimum Gasteiger partial charge on any atom is -0.309 e. The Morgan fingerprint density at radius 3 is 3.07 bits per heavy atom. The molecule has 1 rings (SSSR count). The summed E-state index contributed by atoms with van der Waals surface area (Å²) in [5.74, 6) is 2.66. The molecule has 0 bridgehead atoms. The van der Waals surface area contributed by atoms with E-state index in [1.165, 1.54) is 0 Å². The first kappa shape index (κ1) is 11.7. The fourth-order valence-electron chi connectivity index (χ4n) is 1.52. The van der Waals surface area contributed by atoms with Crippen molar-refractivity contribution in [3.8, 4) is 12.3 Å². The fourth-order valence-corrected chi connectivity index (χ4v) is 1.52. The summed E-state index contributed by atoms with van der Waals surface area (Å²) in [6.07, 6.45) is 11.5. The second-order valence-electron chi connectivity index (χ2n) is 3.34. The Balaban J connectivity index is 2.54. The van der Waals surface area contributed by atoms with Crippen LogP contribution < -0.4 is 5.32 Å². The summed E-state index contributed by atoms with van der Waals surface area (Å²) in [4.78, 5) is 8.16. The van der Waals surface area contributed by atoms with Gasteiger partial charge in [0.05, 0.1) is 5.69 Å². The van der Waals surface area contributed by atoms with Gasteiger partial charge < -0.3 is 5.32 Å². The highest BCUT2D eigenvalue weighted by molar-refractivity contribution is 5.04. The molecule has 0 aromatic carbocycles. The van der Waals surface area contributed by atoms with E-state index in [1.807, 2.05) is 6.07 Å². The van der Waals surface area contributed by atoms with Crippen LogP contribution in [0, 0.1) is 12.3 Å². The molecule has 80 valence electrons. The third kappa shape index (κ3) is 4.09. The zero-order chi connectivity index (χ0) is 10.9. The molecule has 0 fully saturated rings. The lowest BCUT2D eigenvalue weighted by atomic mass is 10.1. The van der Waals surface area contributed by atoms with E-state index in [0.29, 0.717) is 6.04 Å². The molecule has 0 spiro atoms. The lowest BCUT2D eigenvalue weighted by Gasteiger charge is -2.16. The number of nitrogens with zero attached hydrogens (tertiary/aromatic N) is 2. The Bertz CT molecular complexity index is 302. The average molecular weight is 203 g/mol. The Morgan fingerprint density at radius 2 is 2.47 bits per heavy atom. The van der Waals surface area contributed by atoms with Gasteiger partial charge in [-0.05, 0) is 25.5 Å². The number of rotatable bonds is 6. The predicted molar refractivity (Wildman–Crippen MR) is 61.1 cm³/mol. The van der Waals surface area contributed by atoms with Crippen LogP contribution in [-0.2, 0) is 0 Å². The predicted octanol–water partition coefficient (Wildman–Crippen LogP) is 1.93. The van der Waals surface area contributed by atoms with Crippen molar-refractivity contribution < 1.29 is 0 Å². The first-order valence-electron chi connectivity index (χ1n) is 5.31. The van der Waals surface area contributed by atoms with Crippen molar-refractivity contribution in [1.29, 1.82) is 0 Å². The zero-order valence-electron chi connectivity index (χ0n) is 9.11. The fraction of sp³-hybridized carbons (Fsp3) is 0.500. The minimum atomic E-state index is 0.298. The molecule has 1 aromatic heterocycles. The van der Waals surface area contributed by atoms with Crippen LogP contribution in [0.25, 0.3) is 0 Å². The molecule has 1 atom stereocenters. The maximum absolute atomic E-state index is 5.23. The second-order valence-corrected chi connectivity index (χ2v) is 3.34. The highest BCUT2D eigenvalue weighted by Crippen LogP contribution is 2.16. The molecule has 0 amide bonds. The summed E-state index contributed by atoms with van der Waals surface area (Å²) >= 11 is 0. The quantitative estimate of drug-likeness (QED) is 0.567. The van der Waals surface area contributed by atoms with Crippen LogP contribution in [-0.4, -0.2) is 16.5 Å². The smallest absolute Gasteiger partial charge is 0.115 e. The summed E-state index contributed by atoms with van der Waals surface area (Å²) in [5, 5.41) is 3.40. The third-order valence-corrected chi connectivity index (χ3v) is 2.23. The van der Waals surface area contributed by atoms with E-state index in [1.54, 1.807) is 12.5 Å². The highest BCUT2D eigenvalue weighted by Gasteiger charge is 2.10. The summed E-state index contributed by atoms with van der Waals surface area (Å²) in [6, 6.07) is 2.25. The molecule has 15 heavy (non-hydrogen) atoms. The molecule has 1 N–H and O–H groups in total. The topological polar surface area (TPSA) is 37.8 Å². The monoisotopic (exact) mass is 203 g/mol.